The van der Waals surface area contributed by atoms with E-state index in [2.05, 4.69) is 111 Å². The second-order valence-electron chi connectivity index (χ2n) is 19.3. The quantitative estimate of drug-likeness (QED) is 0.0321. The molecular formula is C62H109NO5. The smallest absolute Gasteiger partial charge is 0.306 e. The van der Waals surface area contributed by atoms with Crippen LogP contribution in [0.15, 0.2) is 85.1 Å². The van der Waals surface area contributed by atoms with E-state index in [4.69, 9.17) is 4.74 Å². The van der Waals surface area contributed by atoms with Gasteiger partial charge in [-0.05, 0) is 103 Å². The normalized spacial score (nSPS) is 13.8. The van der Waals surface area contributed by atoms with Crippen molar-refractivity contribution < 1.29 is 24.5 Å². The number of aliphatic hydroxyl groups is 2. The van der Waals surface area contributed by atoms with E-state index < -0.39 is 18.2 Å². The zero-order valence-electron chi connectivity index (χ0n) is 44.7. The van der Waals surface area contributed by atoms with Crippen molar-refractivity contribution in [1.82, 2.24) is 5.32 Å². The summed E-state index contributed by atoms with van der Waals surface area (Å²) in [5, 5.41) is 23.9. The number of hydrogen-bond donors (Lipinski definition) is 3. The Bertz CT molecular complexity index is 1290. The van der Waals surface area contributed by atoms with E-state index >= 15 is 0 Å². The Hall–Kier alpha value is -2.96. The highest BCUT2D eigenvalue weighted by Crippen LogP contribution is 2.17. The first-order valence-electron chi connectivity index (χ1n) is 28.8. The van der Waals surface area contributed by atoms with Crippen molar-refractivity contribution in [3.05, 3.63) is 85.1 Å². The average molecular weight is 949 g/mol. The minimum atomic E-state index is -0.811. The molecule has 0 radical (unpaired) electrons. The molecule has 68 heavy (non-hydrogen) atoms. The topological polar surface area (TPSA) is 95.9 Å². The summed E-state index contributed by atoms with van der Waals surface area (Å²) in [7, 11) is 0. The zero-order chi connectivity index (χ0) is 49.5. The molecule has 0 aromatic carbocycles. The second kappa shape index (κ2) is 55.0. The Kier molecular flexibility index (Phi) is 52.6. The van der Waals surface area contributed by atoms with Gasteiger partial charge in [-0.2, -0.15) is 0 Å². The summed E-state index contributed by atoms with van der Waals surface area (Å²) >= 11 is 0. The SMILES string of the molecule is CCCCC/C=C\C/C=C\C/C=C\C/C=C\CCCC(CC(=O)NC(CO)C(O)CCCCCCCCCCCCCCCCC)OC(=O)CCCCCC/C=C\C/C=C\C/C=C\CCCCC. The first-order valence-corrected chi connectivity index (χ1v) is 28.8. The van der Waals surface area contributed by atoms with Crippen LogP contribution in [-0.4, -0.2) is 46.9 Å². The standard InChI is InChI=1S/C62H109NO5/c1-4-7-10-13-16-19-22-25-28-30-33-35-38-41-44-47-50-53-58(68-62(67)55-52-49-46-43-40-37-34-31-29-26-23-20-17-14-11-8-5-2)56-61(66)63-59(57-64)60(65)54-51-48-45-42-39-36-32-27-24-21-18-15-12-9-6-3/h16-17,19-20,25-26,28-29,33-35,37,41,44,58-60,64-65H,4-15,18,21-24,27,30-32,36,38-40,42-43,45-57H2,1-3H3,(H,63,66)/b19-16-,20-17-,28-25-,29-26-,35-33-,37-34-,44-41-. The molecule has 0 aromatic heterocycles. The number of carbonyl (C=O) groups excluding carboxylic acids is 2. The van der Waals surface area contributed by atoms with Crippen molar-refractivity contribution in [2.45, 2.75) is 289 Å². The number of carbonyl (C=O) groups is 2. The maximum absolute atomic E-state index is 13.3. The molecule has 3 atom stereocenters. The number of amides is 1. The van der Waals surface area contributed by atoms with Crippen LogP contribution in [0.25, 0.3) is 0 Å². The van der Waals surface area contributed by atoms with Crippen LogP contribution < -0.4 is 5.32 Å². The van der Waals surface area contributed by atoms with Crippen LogP contribution in [0.4, 0.5) is 0 Å². The van der Waals surface area contributed by atoms with Crippen LogP contribution in [0.3, 0.4) is 0 Å². The highest BCUT2D eigenvalue weighted by molar-refractivity contribution is 5.77. The number of ether oxygens (including phenoxy) is 1. The molecule has 0 saturated carbocycles. The molecule has 0 rings (SSSR count). The largest absolute Gasteiger partial charge is 0.462 e. The predicted molar refractivity (Wildman–Crippen MR) is 296 cm³/mol. The lowest BCUT2D eigenvalue weighted by atomic mass is 10.0. The summed E-state index contributed by atoms with van der Waals surface area (Å²) in [6.07, 6.45) is 72.1. The van der Waals surface area contributed by atoms with Crippen LogP contribution in [0.2, 0.25) is 0 Å². The van der Waals surface area contributed by atoms with Crippen molar-refractivity contribution >= 4 is 11.9 Å². The number of nitrogens with one attached hydrogen (secondary N) is 1. The van der Waals surface area contributed by atoms with Crippen LogP contribution in [-0.2, 0) is 14.3 Å². The van der Waals surface area contributed by atoms with Gasteiger partial charge in [0.25, 0.3) is 0 Å². The van der Waals surface area contributed by atoms with Gasteiger partial charge < -0.3 is 20.3 Å². The fraction of sp³-hybridized carbons (Fsp3) is 0.742. The monoisotopic (exact) mass is 948 g/mol. The molecule has 6 nitrogen and oxygen atoms in total. The van der Waals surface area contributed by atoms with Gasteiger partial charge in [0, 0.05) is 6.42 Å². The van der Waals surface area contributed by atoms with E-state index in [1.54, 1.807) is 0 Å². The van der Waals surface area contributed by atoms with Gasteiger partial charge >= 0.3 is 5.97 Å². The fourth-order valence-corrected chi connectivity index (χ4v) is 8.31. The molecule has 0 aliphatic rings. The molecule has 392 valence electrons. The average Bonchev–Trinajstić information content (AvgIpc) is 3.33. The molecule has 1 amide bonds. The van der Waals surface area contributed by atoms with Gasteiger partial charge in [0.2, 0.25) is 5.91 Å². The van der Waals surface area contributed by atoms with Gasteiger partial charge in [-0.15, -0.1) is 0 Å². The number of unbranched alkanes of at least 4 members (excludes halogenated alkanes) is 25. The van der Waals surface area contributed by atoms with Crippen LogP contribution >= 0.6 is 0 Å². The summed E-state index contributed by atoms with van der Waals surface area (Å²) in [5.41, 5.74) is 0. The highest BCUT2D eigenvalue weighted by atomic mass is 16.5. The molecule has 0 fully saturated rings. The van der Waals surface area contributed by atoms with Gasteiger partial charge in [-0.1, -0.05) is 241 Å². The summed E-state index contributed by atoms with van der Waals surface area (Å²) in [4.78, 5) is 26.3. The maximum atomic E-state index is 13.3. The third-order valence-electron chi connectivity index (χ3n) is 12.7. The van der Waals surface area contributed by atoms with E-state index in [1.165, 1.54) is 128 Å². The van der Waals surface area contributed by atoms with Gasteiger partial charge in [-0.3, -0.25) is 9.59 Å². The number of hydrogen-bond acceptors (Lipinski definition) is 5. The lowest BCUT2D eigenvalue weighted by Crippen LogP contribution is -2.46. The van der Waals surface area contributed by atoms with E-state index in [9.17, 15) is 19.8 Å². The molecule has 0 saturated heterocycles. The molecule has 0 spiro atoms. The molecule has 0 aromatic rings. The van der Waals surface area contributed by atoms with Crippen LogP contribution in [0.1, 0.15) is 271 Å². The summed E-state index contributed by atoms with van der Waals surface area (Å²) in [5.74, 6) is -0.553. The van der Waals surface area contributed by atoms with Gasteiger partial charge in [0.05, 0.1) is 25.2 Å². The molecular weight excluding hydrogens is 839 g/mol. The fourth-order valence-electron chi connectivity index (χ4n) is 8.31. The van der Waals surface area contributed by atoms with Crippen LogP contribution in [0, 0.1) is 0 Å². The second-order valence-corrected chi connectivity index (χ2v) is 19.3. The summed E-state index contributed by atoms with van der Waals surface area (Å²) in [6.45, 7) is 6.42. The van der Waals surface area contributed by atoms with E-state index in [-0.39, 0.29) is 24.9 Å². The Balaban J connectivity index is 4.71. The number of esters is 1. The summed E-state index contributed by atoms with van der Waals surface area (Å²) < 4.78 is 5.92. The Morgan fingerprint density at radius 1 is 0.426 bits per heavy atom. The predicted octanol–water partition coefficient (Wildman–Crippen LogP) is 17.9. The lowest BCUT2D eigenvalue weighted by molar-refractivity contribution is -0.151. The zero-order valence-corrected chi connectivity index (χ0v) is 44.7. The number of rotatable bonds is 51. The Morgan fingerprint density at radius 2 is 0.765 bits per heavy atom. The highest BCUT2D eigenvalue weighted by Gasteiger charge is 2.24. The van der Waals surface area contributed by atoms with Gasteiger partial charge in [0.1, 0.15) is 6.10 Å². The lowest BCUT2D eigenvalue weighted by Gasteiger charge is -2.24. The molecule has 0 aliphatic heterocycles. The molecule has 3 unspecified atom stereocenters. The maximum Gasteiger partial charge on any atom is 0.306 e. The van der Waals surface area contributed by atoms with Gasteiger partial charge in [-0.25, -0.2) is 0 Å². The first kappa shape index (κ1) is 65.0. The summed E-state index contributed by atoms with van der Waals surface area (Å²) in [6, 6.07) is -0.729. The van der Waals surface area contributed by atoms with Crippen molar-refractivity contribution in [1.29, 1.82) is 0 Å². The van der Waals surface area contributed by atoms with E-state index in [0.717, 1.165) is 96.3 Å². The molecule has 0 heterocycles. The Labute approximate surface area is 421 Å². The molecule has 3 N–H and O–H groups in total. The minimum absolute atomic E-state index is 0.0276. The molecule has 0 bridgehead atoms. The van der Waals surface area contributed by atoms with Crippen LogP contribution in [0.5, 0.6) is 0 Å². The van der Waals surface area contributed by atoms with Crippen molar-refractivity contribution in [3.63, 3.8) is 0 Å². The van der Waals surface area contributed by atoms with Crippen molar-refractivity contribution in [2.24, 2.45) is 0 Å². The third kappa shape index (κ3) is 49.5. The first-order chi connectivity index (χ1) is 33.5. The van der Waals surface area contributed by atoms with E-state index in [0.29, 0.717) is 19.3 Å². The molecule has 0 aliphatic carbocycles. The minimum Gasteiger partial charge on any atom is -0.462 e. The van der Waals surface area contributed by atoms with E-state index in [1.807, 2.05) is 0 Å². The third-order valence-corrected chi connectivity index (χ3v) is 12.7. The number of aliphatic hydroxyl groups excluding tert-OH is 2. The Morgan fingerprint density at radius 3 is 1.19 bits per heavy atom. The van der Waals surface area contributed by atoms with Crippen molar-refractivity contribution in [2.75, 3.05) is 6.61 Å². The number of allylic oxidation sites excluding steroid dienone is 14. The van der Waals surface area contributed by atoms with Crippen molar-refractivity contribution in [3.8, 4) is 0 Å². The molecule has 6 heteroatoms. The van der Waals surface area contributed by atoms with Gasteiger partial charge in [0.15, 0.2) is 0 Å².